The minimum absolute atomic E-state index is 0.0417. The van der Waals surface area contributed by atoms with Crippen molar-refractivity contribution in [2.45, 2.75) is 20.1 Å². The zero-order chi connectivity index (χ0) is 17.6. The number of hydrogen-bond acceptors (Lipinski definition) is 5. The first-order chi connectivity index (χ1) is 12.1. The maximum atomic E-state index is 10.6. The van der Waals surface area contributed by atoms with Crippen molar-refractivity contribution < 1.29 is 18.8 Å². The highest BCUT2D eigenvalue weighted by atomic mass is 16.6. The number of carbonyl (C=O) groups excluding carboxylic acids is 1. The average molecular weight is 338 g/mol. The van der Waals surface area contributed by atoms with E-state index < -0.39 is 6.09 Å². The van der Waals surface area contributed by atoms with E-state index in [2.05, 4.69) is 28.9 Å². The Morgan fingerprint density at radius 1 is 1.12 bits per heavy atom. The third kappa shape index (κ3) is 4.38. The summed E-state index contributed by atoms with van der Waals surface area (Å²) in [5, 5.41) is 3.95. The lowest BCUT2D eigenvalue weighted by atomic mass is 10.1. The molecule has 2 N–H and O–H groups in total. The Balaban J connectivity index is 1.62. The fourth-order valence-corrected chi connectivity index (χ4v) is 2.31. The summed E-state index contributed by atoms with van der Waals surface area (Å²) >= 11 is 0. The minimum atomic E-state index is -0.854. The molecule has 1 aromatic heterocycles. The molecule has 0 atom stereocenters. The van der Waals surface area contributed by atoms with Gasteiger partial charge in [-0.3, -0.25) is 0 Å². The standard InChI is InChI=1S/C19H18N2O4/c1-13-4-2-3-5-15(13)11-23-16-8-6-14(7-9-16)18-10-17(25-21-18)12-24-19(20)22/h2-10H,11-12H2,1H3,(H2,20,22). The van der Waals surface area contributed by atoms with Crippen LogP contribution in [-0.4, -0.2) is 11.2 Å². The molecule has 1 heterocycles. The normalized spacial score (nSPS) is 10.4. The Labute approximate surface area is 145 Å². The number of aromatic nitrogens is 1. The van der Waals surface area contributed by atoms with E-state index in [0.29, 0.717) is 18.1 Å². The summed E-state index contributed by atoms with van der Waals surface area (Å²) in [6.07, 6.45) is -0.854. The first-order valence-corrected chi connectivity index (χ1v) is 7.77. The third-order valence-electron chi connectivity index (χ3n) is 3.72. The van der Waals surface area contributed by atoms with Crippen LogP contribution in [0, 0.1) is 6.92 Å². The Morgan fingerprint density at radius 3 is 2.60 bits per heavy atom. The van der Waals surface area contributed by atoms with E-state index in [-0.39, 0.29) is 6.61 Å². The number of rotatable bonds is 6. The number of hydrogen-bond donors (Lipinski definition) is 1. The number of aryl methyl sites for hydroxylation is 1. The van der Waals surface area contributed by atoms with E-state index in [1.165, 1.54) is 5.56 Å². The van der Waals surface area contributed by atoms with Crippen LogP contribution in [-0.2, 0) is 18.0 Å². The lowest BCUT2D eigenvalue weighted by Crippen LogP contribution is -2.12. The molecule has 25 heavy (non-hydrogen) atoms. The van der Waals surface area contributed by atoms with Crippen molar-refractivity contribution in [3.63, 3.8) is 0 Å². The first-order valence-electron chi connectivity index (χ1n) is 7.77. The summed E-state index contributed by atoms with van der Waals surface area (Å²) in [5.41, 5.74) is 8.79. The predicted octanol–water partition coefficient (Wildman–Crippen LogP) is 3.82. The number of nitrogens with two attached hydrogens (primary N) is 1. The second-order valence-electron chi connectivity index (χ2n) is 5.53. The van der Waals surface area contributed by atoms with Gasteiger partial charge in [-0.05, 0) is 42.3 Å². The summed E-state index contributed by atoms with van der Waals surface area (Å²) in [5.74, 6) is 1.20. The second kappa shape index (κ2) is 7.53. The van der Waals surface area contributed by atoms with Crippen molar-refractivity contribution in [3.8, 4) is 17.0 Å². The maximum Gasteiger partial charge on any atom is 0.404 e. The van der Waals surface area contributed by atoms with Gasteiger partial charge < -0.3 is 19.7 Å². The smallest absolute Gasteiger partial charge is 0.404 e. The molecule has 2 aromatic carbocycles. The van der Waals surface area contributed by atoms with E-state index in [1.807, 2.05) is 36.4 Å². The molecule has 0 aliphatic carbocycles. The van der Waals surface area contributed by atoms with Crippen molar-refractivity contribution in [3.05, 3.63) is 71.5 Å². The molecular formula is C19H18N2O4. The van der Waals surface area contributed by atoms with Crippen LogP contribution in [0.1, 0.15) is 16.9 Å². The Morgan fingerprint density at radius 2 is 1.88 bits per heavy atom. The molecule has 0 unspecified atom stereocenters. The molecule has 0 aliphatic rings. The molecule has 128 valence electrons. The van der Waals surface area contributed by atoms with Gasteiger partial charge >= 0.3 is 6.09 Å². The van der Waals surface area contributed by atoms with E-state index in [1.54, 1.807) is 6.07 Å². The van der Waals surface area contributed by atoms with Gasteiger partial charge in [0, 0.05) is 11.6 Å². The summed E-state index contributed by atoms with van der Waals surface area (Å²) in [6.45, 7) is 2.54. The van der Waals surface area contributed by atoms with Crippen molar-refractivity contribution in [2.75, 3.05) is 0 Å². The molecule has 1 amide bonds. The maximum absolute atomic E-state index is 10.6. The highest BCUT2D eigenvalue weighted by molar-refractivity contribution is 5.64. The summed E-state index contributed by atoms with van der Waals surface area (Å²) in [6, 6.07) is 17.4. The van der Waals surface area contributed by atoms with Gasteiger partial charge in [0.1, 0.15) is 18.1 Å². The van der Waals surface area contributed by atoms with Crippen LogP contribution in [0.3, 0.4) is 0 Å². The van der Waals surface area contributed by atoms with E-state index in [4.69, 9.17) is 15.0 Å². The van der Waals surface area contributed by atoms with Gasteiger partial charge in [-0.1, -0.05) is 29.4 Å². The Hall–Kier alpha value is -3.28. The molecule has 3 rings (SSSR count). The van der Waals surface area contributed by atoms with Crippen molar-refractivity contribution in [1.29, 1.82) is 0 Å². The predicted molar refractivity (Wildman–Crippen MR) is 91.8 cm³/mol. The highest BCUT2D eigenvalue weighted by Crippen LogP contribution is 2.23. The summed E-state index contributed by atoms with van der Waals surface area (Å²) in [7, 11) is 0. The molecule has 3 aromatic rings. The molecule has 0 saturated heterocycles. The molecule has 6 nitrogen and oxygen atoms in total. The fourth-order valence-electron chi connectivity index (χ4n) is 2.31. The SMILES string of the molecule is Cc1ccccc1COc1ccc(-c2cc(COC(N)=O)on2)cc1. The van der Waals surface area contributed by atoms with E-state index in [0.717, 1.165) is 16.9 Å². The van der Waals surface area contributed by atoms with Gasteiger partial charge in [-0.25, -0.2) is 4.79 Å². The lowest BCUT2D eigenvalue weighted by molar-refractivity contribution is 0.137. The van der Waals surface area contributed by atoms with Crippen LogP contribution in [0.25, 0.3) is 11.3 Å². The number of nitrogens with zero attached hydrogens (tertiary/aromatic N) is 1. The monoisotopic (exact) mass is 338 g/mol. The van der Waals surface area contributed by atoms with Crippen LogP contribution in [0.5, 0.6) is 5.75 Å². The van der Waals surface area contributed by atoms with Gasteiger partial charge in [-0.2, -0.15) is 0 Å². The molecule has 6 heteroatoms. The van der Waals surface area contributed by atoms with Crippen molar-refractivity contribution in [2.24, 2.45) is 5.73 Å². The lowest BCUT2D eigenvalue weighted by Gasteiger charge is -2.08. The zero-order valence-corrected chi connectivity index (χ0v) is 13.8. The van der Waals surface area contributed by atoms with Crippen LogP contribution in [0.2, 0.25) is 0 Å². The number of benzene rings is 2. The molecule has 0 aliphatic heterocycles. The highest BCUT2D eigenvalue weighted by Gasteiger charge is 2.08. The fraction of sp³-hybridized carbons (Fsp3) is 0.158. The topological polar surface area (TPSA) is 87.6 Å². The molecule has 0 spiro atoms. The molecule has 0 saturated carbocycles. The van der Waals surface area contributed by atoms with E-state index >= 15 is 0 Å². The molecular weight excluding hydrogens is 320 g/mol. The summed E-state index contributed by atoms with van der Waals surface area (Å²) < 4.78 is 15.6. The van der Waals surface area contributed by atoms with E-state index in [9.17, 15) is 4.79 Å². The first kappa shape index (κ1) is 16.6. The van der Waals surface area contributed by atoms with Gasteiger partial charge in [0.05, 0.1) is 0 Å². The number of carbonyl (C=O) groups is 1. The zero-order valence-electron chi connectivity index (χ0n) is 13.8. The molecule has 0 fully saturated rings. The van der Waals surface area contributed by atoms with Gasteiger partial charge in [0.15, 0.2) is 12.4 Å². The van der Waals surface area contributed by atoms with Crippen LogP contribution < -0.4 is 10.5 Å². The van der Waals surface area contributed by atoms with Crippen molar-refractivity contribution >= 4 is 6.09 Å². The minimum Gasteiger partial charge on any atom is -0.489 e. The van der Waals surface area contributed by atoms with Crippen LogP contribution in [0.4, 0.5) is 4.79 Å². The quantitative estimate of drug-likeness (QED) is 0.738. The molecule has 0 bridgehead atoms. The Kier molecular flexibility index (Phi) is 4.99. The number of ether oxygens (including phenoxy) is 2. The third-order valence-corrected chi connectivity index (χ3v) is 3.72. The summed E-state index contributed by atoms with van der Waals surface area (Å²) in [4.78, 5) is 10.6. The van der Waals surface area contributed by atoms with Gasteiger partial charge in [-0.15, -0.1) is 0 Å². The average Bonchev–Trinajstić information content (AvgIpc) is 3.09. The van der Waals surface area contributed by atoms with Crippen LogP contribution >= 0.6 is 0 Å². The van der Waals surface area contributed by atoms with Gasteiger partial charge in [0.25, 0.3) is 0 Å². The Bertz CT molecular complexity index is 856. The largest absolute Gasteiger partial charge is 0.489 e. The number of primary amides is 1. The van der Waals surface area contributed by atoms with Gasteiger partial charge in [0.2, 0.25) is 0 Å². The number of amides is 1. The van der Waals surface area contributed by atoms with Crippen molar-refractivity contribution in [1.82, 2.24) is 5.16 Å². The molecule has 0 radical (unpaired) electrons. The second-order valence-corrected chi connectivity index (χ2v) is 5.53. The van der Waals surface area contributed by atoms with Crippen LogP contribution in [0.15, 0.2) is 59.1 Å².